The van der Waals surface area contributed by atoms with E-state index in [-0.39, 0.29) is 17.8 Å². The van der Waals surface area contributed by atoms with Crippen molar-refractivity contribution < 1.29 is 9.18 Å². The summed E-state index contributed by atoms with van der Waals surface area (Å²) in [5.41, 5.74) is 6.53. The van der Waals surface area contributed by atoms with E-state index < -0.39 is 0 Å². The number of nitrogens with two attached hydrogens (primary N) is 1. The van der Waals surface area contributed by atoms with Crippen molar-refractivity contribution in [1.82, 2.24) is 5.32 Å². The summed E-state index contributed by atoms with van der Waals surface area (Å²) in [5.74, 6) is -0.120. The molecule has 2 aromatic carbocycles. The summed E-state index contributed by atoms with van der Waals surface area (Å²) in [6.45, 7) is 0.589. The molecule has 2 atom stereocenters. The second kappa shape index (κ2) is 5.82. The third kappa shape index (κ3) is 2.76. The Labute approximate surface area is 123 Å². The highest BCUT2D eigenvalue weighted by atomic mass is 19.1. The summed E-state index contributed by atoms with van der Waals surface area (Å²) in [6, 6.07) is 10.1. The van der Waals surface area contributed by atoms with Gasteiger partial charge in [-0.3, -0.25) is 4.79 Å². The number of amides is 1. The van der Waals surface area contributed by atoms with Crippen LogP contribution in [0.2, 0.25) is 0 Å². The summed E-state index contributed by atoms with van der Waals surface area (Å²) in [5, 5.41) is 4.06. The smallest absolute Gasteiger partial charge is 0.251 e. The normalized spacial score (nSPS) is 21.6. The molecular formula is C17H19FN2O. The van der Waals surface area contributed by atoms with Crippen LogP contribution in [-0.4, -0.2) is 18.5 Å². The fourth-order valence-corrected chi connectivity index (χ4v) is 3.10. The van der Waals surface area contributed by atoms with E-state index >= 15 is 0 Å². The molecule has 0 aromatic heterocycles. The predicted molar refractivity (Wildman–Crippen MR) is 81.6 cm³/mol. The Morgan fingerprint density at radius 1 is 1.19 bits per heavy atom. The van der Waals surface area contributed by atoms with Gasteiger partial charge in [0.15, 0.2) is 0 Å². The maximum Gasteiger partial charge on any atom is 0.251 e. The molecule has 1 aliphatic carbocycles. The second-order valence-corrected chi connectivity index (χ2v) is 5.71. The number of hydrogen-bond acceptors (Lipinski definition) is 2. The van der Waals surface area contributed by atoms with Gasteiger partial charge in [-0.1, -0.05) is 30.7 Å². The third-order valence-corrected chi connectivity index (χ3v) is 4.36. The summed E-state index contributed by atoms with van der Waals surface area (Å²) in [4.78, 5) is 12.4. The molecule has 21 heavy (non-hydrogen) atoms. The number of nitrogens with one attached hydrogen (secondary N) is 1. The van der Waals surface area contributed by atoms with Crippen molar-refractivity contribution in [3.8, 4) is 0 Å². The summed E-state index contributed by atoms with van der Waals surface area (Å²) in [7, 11) is 0. The number of carbonyl (C=O) groups is 1. The molecule has 1 aliphatic rings. The van der Waals surface area contributed by atoms with Crippen LogP contribution in [-0.2, 0) is 0 Å². The minimum Gasteiger partial charge on any atom is -0.352 e. The monoisotopic (exact) mass is 286 g/mol. The molecule has 1 saturated carbocycles. The van der Waals surface area contributed by atoms with Gasteiger partial charge in [-0.25, -0.2) is 4.39 Å². The molecule has 3 nitrogen and oxygen atoms in total. The minimum atomic E-state index is -0.306. The van der Waals surface area contributed by atoms with E-state index in [4.69, 9.17) is 5.73 Å². The van der Waals surface area contributed by atoms with Crippen LogP contribution in [0.1, 0.15) is 29.6 Å². The Hall–Kier alpha value is -1.94. The highest BCUT2D eigenvalue weighted by Crippen LogP contribution is 2.24. The molecule has 110 valence electrons. The van der Waals surface area contributed by atoms with Gasteiger partial charge in [0.05, 0.1) is 0 Å². The van der Waals surface area contributed by atoms with Gasteiger partial charge in [0.1, 0.15) is 5.82 Å². The molecular weight excluding hydrogens is 267 g/mol. The quantitative estimate of drug-likeness (QED) is 0.911. The van der Waals surface area contributed by atoms with E-state index in [2.05, 4.69) is 5.32 Å². The fraction of sp³-hybridized carbons (Fsp3) is 0.353. The number of rotatable bonds is 3. The molecule has 2 unspecified atom stereocenters. The SMILES string of the molecule is NC1CCCC1CNC(=O)c1ccc(F)c2ccccc12. The van der Waals surface area contributed by atoms with Crippen LogP contribution in [0.15, 0.2) is 36.4 Å². The number of halogens is 1. The van der Waals surface area contributed by atoms with Crippen molar-refractivity contribution in [3.63, 3.8) is 0 Å². The van der Waals surface area contributed by atoms with Gasteiger partial charge in [0, 0.05) is 23.5 Å². The van der Waals surface area contributed by atoms with E-state index in [9.17, 15) is 9.18 Å². The first kappa shape index (κ1) is 14.0. The van der Waals surface area contributed by atoms with Crippen LogP contribution >= 0.6 is 0 Å². The third-order valence-electron chi connectivity index (χ3n) is 4.36. The summed E-state index contributed by atoms with van der Waals surface area (Å²) in [6.07, 6.45) is 3.22. The molecule has 2 aromatic rings. The van der Waals surface area contributed by atoms with Crippen LogP contribution in [0.3, 0.4) is 0 Å². The average Bonchev–Trinajstić information content (AvgIpc) is 2.91. The van der Waals surface area contributed by atoms with Crippen LogP contribution in [0.25, 0.3) is 10.8 Å². The average molecular weight is 286 g/mol. The predicted octanol–water partition coefficient (Wildman–Crippen LogP) is 2.84. The number of hydrogen-bond donors (Lipinski definition) is 2. The molecule has 3 rings (SSSR count). The van der Waals surface area contributed by atoms with Gasteiger partial charge in [-0.15, -0.1) is 0 Å². The van der Waals surface area contributed by atoms with Gasteiger partial charge < -0.3 is 11.1 Å². The van der Waals surface area contributed by atoms with Gasteiger partial charge in [-0.2, -0.15) is 0 Å². The van der Waals surface area contributed by atoms with Gasteiger partial charge >= 0.3 is 0 Å². The van der Waals surface area contributed by atoms with Gasteiger partial charge in [0.2, 0.25) is 0 Å². The molecule has 3 N–H and O–H groups in total. The molecule has 0 aliphatic heterocycles. The van der Waals surface area contributed by atoms with E-state index in [0.29, 0.717) is 28.8 Å². The van der Waals surface area contributed by atoms with Gasteiger partial charge in [-0.05, 0) is 36.3 Å². The Morgan fingerprint density at radius 3 is 2.67 bits per heavy atom. The molecule has 0 radical (unpaired) electrons. The number of fused-ring (bicyclic) bond motifs is 1. The second-order valence-electron chi connectivity index (χ2n) is 5.71. The Bertz CT molecular complexity index is 671. The Balaban J connectivity index is 1.80. The fourth-order valence-electron chi connectivity index (χ4n) is 3.10. The van der Waals surface area contributed by atoms with Crippen molar-refractivity contribution in [2.45, 2.75) is 25.3 Å². The molecule has 1 fully saturated rings. The van der Waals surface area contributed by atoms with E-state index in [0.717, 1.165) is 19.3 Å². The molecule has 4 heteroatoms. The lowest BCUT2D eigenvalue weighted by Gasteiger charge is -2.16. The molecule has 1 amide bonds. The molecule has 0 bridgehead atoms. The topological polar surface area (TPSA) is 55.1 Å². The highest BCUT2D eigenvalue weighted by Gasteiger charge is 2.24. The lowest BCUT2D eigenvalue weighted by Crippen LogP contribution is -2.36. The maximum absolute atomic E-state index is 13.8. The molecule has 0 spiro atoms. The summed E-state index contributed by atoms with van der Waals surface area (Å²) >= 11 is 0. The van der Waals surface area contributed by atoms with E-state index in [1.165, 1.54) is 6.07 Å². The highest BCUT2D eigenvalue weighted by molar-refractivity contribution is 6.07. The van der Waals surface area contributed by atoms with Crippen molar-refractivity contribution >= 4 is 16.7 Å². The minimum absolute atomic E-state index is 0.162. The maximum atomic E-state index is 13.8. The lowest BCUT2D eigenvalue weighted by molar-refractivity contribution is 0.0948. The van der Waals surface area contributed by atoms with Crippen molar-refractivity contribution in [2.24, 2.45) is 11.7 Å². The zero-order chi connectivity index (χ0) is 14.8. The summed E-state index contributed by atoms with van der Waals surface area (Å²) < 4.78 is 13.8. The van der Waals surface area contributed by atoms with E-state index in [1.807, 2.05) is 6.07 Å². The van der Waals surface area contributed by atoms with Crippen LogP contribution in [0.5, 0.6) is 0 Å². The van der Waals surface area contributed by atoms with Crippen LogP contribution in [0.4, 0.5) is 4.39 Å². The van der Waals surface area contributed by atoms with Crippen molar-refractivity contribution in [1.29, 1.82) is 0 Å². The molecule has 0 heterocycles. The van der Waals surface area contributed by atoms with Crippen LogP contribution < -0.4 is 11.1 Å². The first-order valence-corrected chi connectivity index (χ1v) is 7.38. The van der Waals surface area contributed by atoms with E-state index in [1.54, 1.807) is 24.3 Å². The Morgan fingerprint density at radius 2 is 1.95 bits per heavy atom. The zero-order valence-corrected chi connectivity index (χ0v) is 11.8. The zero-order valence-electron chi connectivity index (χ0n) is 11.8. The number of benzene rings is 2. The first-order valence-electron chi connectivity index (χ1n) is 7.38. The number of carbonyl (C=O) groups excluding carboxylic acids is 1. The first-order chi connectivity index (χ1) is 10.2. The van der Waals surface area contributed by atoms with Crippen molar-refractivity contribution in [3.05, 3.63) is 47.8 Å². The Kier molecular flexibility index (Phi) is 3.88. The van der Waals surface area contributed by atoms with Crippen LogP contribution in [0, 0.1) is 11.7 Å². The lowest BCUT2D eigenvalue weighted by atomic mass is 10.0. The standard InChI is InChI=1S/C17H19FN2O/c18-15-9-8-14(12-5-1-2-6-13(12)15)17(21)20-10-11-4-3-7-16(11)19/h1-2,5-6,8-9,11,16H,3-4,7,10,19H2,(H,20,21). The largest absolute Gasteiger partial charge is 0.352 e. The van der Waals surface area contributed by atoms with Gasteiger partial charge in [0.25, 0.3) is 5.91 Å². The van der Waals surface area contributed by atoms with Crippen molar-refractivity contribution in [2.75, 3.05) is 6.54 Å². The molecule has 0 saturated heterocycles.